The van der Waals surface area contributed by atoms with E-state index in [1.807, 2.05) is 0 Å². The maximum Gasteiger partial charge on any atom is 0.323 e. The van der Waals surface area contributed by atoms with Gasteiger partial charge in [-0.15, -0.1) is 0 Å². The van der Waals surface area contributed by atoms with Gasteiger partial charge in [0.25, 0.3) is 0 Å². The third-order valence-electron chi connectivity index (χ3n) is 2.80. The molecule has 1 aromatic carbocycles. The minimum atomic E-state index is -1.19. The van der Waals surface area contributed by atoms with Gasteiger partial charge < -0.3 is 15.9 Å². The number of benzene rings is 1. The van der Waals surface area contributed by atoms with Crippen molar-refractivity contribution in [2.45, 2.75) is 25.4 Å². The van der Waals surface area contributed by atoms with Crippen molar-refractivity contribution in [1.29, 1.82) is 0 Å². The Labute approximate surface area is 111 Å². The summed E-state index contributed by atoms with van der Waals surface area (Å²) in [5, 5.41) is 20.4. The molecule has 6 nitrogen and oxygen atoms in total. The molecule has 0 aliphatic carbocycles. The van der Waals surface area contributed by atoms with Crippen LogP contribution in [0, 0.1) is 0 Å². The molecular formula is C13H18N2O4. The lowest BCUT2D eigenvalue weighted by Crippen LogP contribution is -2.48. The van der Waals surface area contributed by atoms with E-state index in [4.69, 9.17) is 15.9 Å². The first-order chi connectivity index (χ1) is 8.99. The summed E-state index contributed by atoms with van der Waals surface area (Å²) in [5.41, 5.74) is 6.55. The number of anilines is 1. The molecule has 2 atom stereocenters. The zero-order valence-corrected chi connectivity index (χ0v) is 10.7. The predicted octanol–water partition coefficient (Wildman–Crippen LogP) is 0.265. The Hall–Kier alpha value is -1.92. The van der Waals surface area contributed by atoms with Gasteiger partial charge in [0, 0.05) is 11.3 Å². The van der Waals surface area contributed by atoms with Crippen molar-refractivity contribution in [2.24, 2.45) is 0 Å². The van der Waals surface area contributed by atoms with Gasteiger partial charge in [0.1, 0.15) is 6.04 Å². The summed E-state index contributed by atoms with van der Waals surface area (Å²) in [6.07, 6.45) is 0.424. The van der Waals surface area contributed by atoms with E-state index in [1.54, 1.807) is 31.2 Å². The molecule has 0 radical (unpaired) electrons. The number of ketones is 1. The monoisotopic (exact) mass is 266 g/mol. The Balaban J connectivity index is 2.82. The molecular weight excluding hydrogens is 248 g/mol. The second kappa shape index (κ2) is 6.86. The minimum absolute atomic E-state index is 0.220. The van der Waals surface area contributed by atoms with Gasteiger partial charge >= 0.3 is 5.97 Å². The molecule has 2 unspecified atom stereocenters. The minimum Gasteiger partial charge on any atom is -0.480 e. The average Bonchev–Trinajstić information content (AvgIpc) is 2.40. The number of hydrogen-bond acceptors (Lipinski definition) is 5. The number of Topliss-reactive ketones (excluding diaryl/α,β-unsaturated/α-hetero) is 1. The zero-order valence-electron chi connectivity index (χ0n) is 10.7. The van der Waals surface area contributed by atoms with Gasteiger partial charge in [0.2, 0.25) is 0 Å². The van der Waals surface area contributed by atoms with Crippen LogP contribution < -0.4 is 11.1 Å². The molecule has 0 saturated carbocycles. The highest BCUT2D eigenvalue weighted by atomic mass is 16.4. The van der Waals surface area contributed by atoms with Gasteiger partial charge in [0.15, 0.2) is 5.78 Å². The van der Waals surface area contributed by atoms with E-state index >= 15 is 0 Å². The predicted molar refractivity (Wildman–Crippen MR) is 70.9 cm³/mol. The van der Waals surface area contributed by atoms with E-state index in [1.165, 1.54) is 0 Å². The molecule has 0 fully saturated rings. The zero-order chi connectivity index (χ0) is 14.4. The van der Waals surface area contributed by atoms with Crippen LogP contribution in [0.4, 0.5) is 5.69 Å². The number of nitrogens with one attached hydrogen (secondary N) is 1. The smallest absolute Gasteiger partial charge is 0.323 e. The average molecular weight is 266 g/mol. The largest absolute Gasteiger partial charge is 0.480 e. The van der Waals surface area contributed by atoms with Crippen molar-refractivity contribution in [3.8, 4) is 0 Å². The fraction of sp³-hybridized carbons (Fsp3) is 0.385. The Morgan fingerprint density at radius 2 is 1.84 bits per heavy atom. The van der Waals surface area contributed by atoms with E-state index < -0.39 is 24.7 Å². The molecule has 0 spiro atoms. The van der Waals surface area contributed by atoms with Crippen LogP contribution in [0.1, 0.15) is 23.7 Å². The van der Waals surface area contributed by atoms with E-state index in [0.29, 0.717) is 17.7 Å². The third-order valence-corrected chi connectivity index (χ3v) is 2.80. The summed E-state index contributed by atoms with van der Waals surface area (Å²) in [4.78, 5) is 23.0. The molecule has 0 saturated heterocycles. The summed E-state index contributed by atoms with van der Waals surface area (Å²) < 4.78 is 0. The number of carbonyl (C=O) groups excluding carboxylic acids is 1. The highest BCUT2D eigenvalue weighted by molar-refractivity contribution is 6.00. The Morgan fingerprint density at radius 1 is 1.26 bits per heavy atom. The van der Waals surface area contributed by atoms with E-state index in [-0.39, 0.29) is 5.78 Å². The summed E-state index contributed by atoms with van der Waals surface area (Å²) >= 11 is 0. The third kappa shape index (κ3) is 4.04. The number of carboxylic acids is 1. The summed E-state index contributed by atoms with van der Waals surface area (Å²) in [7, 11) is 0. The molecule has 1 aromatic rings. The Morgan fingerprint density at radius 3 is 2.26 bits per heavy atom. The van der Waals surface area contributed by atoms with E-state index in [2.05, 4.69) is 5.32 Å². The molecule has 6 heteroatoms. The summed E-state index contributed by atoms with van der Waals surface area (Å²) in [6.45, 7) is 1.20. The van der Waals surface area contributed by atoms with Crippen molar-refractivity contribution in [1.82, 2.24) is 5.32 Å². The highest BCUT2D eigenvalue weighted by Gasteiger charge is 2.25. The standard InChI is InChI=1S/C13H18N2O4/c1-2-10(15-11(7-16)13(18)19)12(17)8-3-5-9(14)6-4-8/h3-6,10-11,15-16H,2,7,14H2,1H3,(H,18,19). The van der Waals surface area contributed by atoms with E-state index in [9.17, 15) is 9.59 Å². The fourth-order valence-electron chi connectivity index (χ4n) is 1.67. The topological polar surface area (TPSA) is 113 Å². The first kappa shape index (κ1) is 15.1. The lowest BCUT2D eigenvalue weighted by atomic mass is 10.0. The number of carboxylic acid groups (broad SMARTS) is 1. The van der Waals surface area contributed by atoms with Crippen molar-refractivity contribution in [3.63, 3.8) is 0 Å². The lowest BCUT2D eigenvalue weighted by molar-refractivity contribution is -0.140. The van der Waals surface area contributed by atoms with Gasteiger partial charge in [-0.1, -0.05) is 6.92 Å². The van der Waals surface area contributed by atoms with Crippen molar-refractivity contribution in [2.75, 3.05) is 12.3 Å². The molecule has 5 N–H and O–H groups in total. The maximum atomic E-state index is 12.2. The van der Waals surface area contributed by atoms with Gasteiger partial charge in [0.05, 0.1) is 12.6 Å². The van der Waals surface area contributed by atoms with E-state index in [0.717, 1.165) is 0 Å². The number of nitrogen functional groups attached to an aromatic ring is 1. The quantitative estimate of drug-likeness (QED) is 0.416. The number of rotatable bonds is 7. The molecule has 0 amide bonds. The van der Waals surface area contributed by atoms with Gasteiger partial charge in [-0.3, -0.25) is 14.9 Å². The second-order valence-corrected chi connectivity index (χ2v) is 4.19. The van der Waals surface area contributed by atoms with Crippen molar-refractivity contribution < 1.29 is 19.8 Å². The summed E-state index contributed by atoms with van der Waals surface area (Å²) in [6, 6.07) is 4.61. The van der Waals surface area contributed by atoms with Crippen LogP contribution in [0.25, 0.3) is 0 Å². The number of aliphatic hydroxyl groups is 1. The number of aliphatic hydroxyl groups excluding tert-OH is 1. The van der Waals surface area contributed by atoms with Gasteiger partial charge in [-0.2, -0.15) is 0 Å². The molecule has 104 valence electrons. The van der Waals surface area contributed by atoms with Crippen LogP contribution >= 0.6 is 0 Å². The van der Waals surface area contributed by atoms with Crippen molar-refractivity contribution in [3.05, 3.63) is 29.8 Å². The number of hydrogen-bond donors (Lipinski definition) is 4. The number of aliphatic carboxylic acids is 1. The Bertz CT molecular complexity index is 444. The molecule has 19 heavy (non-hydrogen) atoms. The van der Waals surface area contributed by atoms with Crippen LogP contribution in [-0.2, 0) is 4.79 Å². The van der Waals surface area contributed by atoms with Crippen LogP contribution in [-0.4, -0.2) is 40.7 Å². The Kier molecular flexibility index (Phi) is 5.47. The molecule has 0 bridgehead atoms. The number of carbonyl (C=O) groups is 2. The van der Waals surface area contributed by atoms with Crippen LogP contribution in [0.15, 0.2) is 24.3 Å². The van der Waals surface area contributed by atoms with Crippen LogP contribution in [0.5, 0.6) is 0 Å². The van der Waals surface area contributed by atoms with Crippen LogP contribution in [0.3, 0.4) is 0 Å². The van der Waals surface area contributed by atoms with Gasteiger partial charge in [-0.05, 0) is 30.7 Å². The normalized spacial score (nSPS) is 13.8. The number of nitrogens with two attached hydrogens (primary N) is 1. The maximum absolute atomic E-state index is 12.2. The highest BCUT2D eigenvalue weighted by Crippen LogP contribution is 2.10. The molecule has 0 aliphatic heterocycles. The second-order valence-electron chi connectivity index (χ2n) is 4.19. The van der Waals surface area contributed by atoms with Crippen LogP contribution in [0.2, 0.25) is 0 Å². The SMILES string of the molecule is CCC(NC(CO)C(=O)O)C(=O)c1ccc(N)cc1. The lowest BCUT2D eigenvalue weighted by Gasteiger charge is -2.20. The van der Waals surface area contributed by atoms with Crippen molar-refractivity contribution >= 4 is 17.4 Å². The molecule has 0 heterocycles. The fourth-order valence-corrected chi connectivity index (χ4v) is 1.67. The molecule has 0 aromatic heterocycles. The molecule has 1 rings (SSSR count). The first-order valence-corrected chi connectivity index (χ1v) is 5.99. The first-order valence-electron chi connectivity index (χ1n) is 5.99. The van der Waals surface area contributed by atoms with Gasteiger partial charge in [-0.25, -0.2) is 0 Å². The molecule has 0 aliphatic rings. The summed E-state index contributed by atoms with van der Waals surface area (Å²) in [5.74, 6) is -1.41.